The Labute approximate surface area is 199 Å². The van der Waals surface area contributed by atoms with Crippen LogP contribution in [0.15, 0.2) is 48.5 Å². The number of amides is 2. The Morgan fingerprint density at radius 2 is 1.59 bits per heavy atom. The van der Waals surface area contributed by atoms with Crippen molar-refractivity contribution in [3.05, 3.63) is 65.7 Å². The van der Waals surface area contributed by atoms with E-state index in [1.807, 2.05) is 6.92 Å². The van der Waals surface area contributed by atoms with Gasteiger partial charge in [-0.2, -0.15) is 12.7 Å². The molecule has 0 saturated heterocycles. The minimum atomic E-state index is -4.28. The third-order valence-corrected chi connectivity index (χ3v) is 6.96. The number of hydrogen-bond donors (Lipinski definition) is 1. The molecule has 2 aromatic carbocycles. The molecule has 186 valence electrons. The molecule has 1 N–H and O–H groups in total. The number of carbonyl (C=O) groups excluding carboxylic acids is 2. The van der Waals surface area contributed by atoms with Gasteiger partial charge < -0.3 is 10.2 Å². The lowest BCUT2D eigenvalue weighted by atomic mass is 10.1. The SMILES string of the molecule is CCCNC(=O)[C@H](C)N(Cc1ccccc1F)C(=O)CN(c1ccccc1F)S(=O)(=O)N(C)C. The molecule has 0 saturated carbocycles. The molecule has 34 heavy (non-hydrogen) atoms. The second-order valence-corrected chi connectivity index (χ2v) is 9.90. The fraction of sp³-hybridized carbons (Fsp3) is 0.391. The van der Waals surface area contributed by atoms with Crippen molar-refractivity contribution in [1.82, 2.24) is 14.5 Å². The van der Waals surface area contributed by atoms with Gasteiger partial charge in [0.2, 0.25) is 11.8 Å². The summed E-state index contributed by atoms with van der Waals surface area (Å²) in [7, 11) is -1.77. The zero-order valence-electron chi connectivity index (χ0n) is 19.7. The summed E-state index contributed by atoms with van der Waals surface area (Å²) in [5.74, 6) is -2.68. The first-order valence-electron chi connectivity index (χ1n) is 10.8. The number of benzene rings is 2. The highest BCUT2D eigenvalue weighted by Crippen LogP contribution is 2.24. The molecule has 0 fully saturated rings. The van der Waals surface area contributed by atoms with Crippen LogP contribution in [0.4, 0.5) is 14.5 Å². The molecule has 0 aliphatic carbocycles. The van der Waals surface area contributed by atoms with Crippen LogP contribution >= 0.6 is 0 Å². The fourth-order valence-corrected chi connectivity index (χ4v) is 4.21. The summed E-state index contributed by atoms with van der Waals surface area (Å²) in [6.07, 6.45) is 0.669. The van der Waals surface area contributed by atoms with Gasteiger partial charge in [0.05, 0.1) is 5.69 Å². The van der Waals surface area contributed by atoms with Gasteiger partial charge in [0, 0.05) is 32.7 Å². The topological polar surface area (TPSA) is 90.0 Å². The Kier molecular flexibility index (Phi) is 9.51. The van der Waals surface area contributed by atoms with Gasteiger partial charge in [-0.1, -0.05) is 37.3 Å². The van der Waals surface area contributed by atoms with E-state index in [1.54, 1.807) is 6.07 Å². The highest BCUT2D eigenvalue weighted by Gasteiger charge is 2.33. The average Bonchev–Trinajstić information content (AvgIpc) is 2.80. The summed E-state index contributed by atoms with van der Waals surface area (Å²) in [6, 6.07) is 9.89. The first kappa shape index (κ1) is 27.2. The first-order chi connectivity index (χ1) is 16.0. The van der Waals surface area contributed by atoms with Gasteiger partial charge in [-0.25, -0.2) is 13.1 Å². The van der Waals surface area contributed by atoms with Crippen molar-refractivity contribution in [2.24, 2.45) is 0 Å². The number of para-hydroxylation sites is 1. The second-order valence-electron chi connectivity index (χ2n) is 7.83. The fourth-order valence-electron chi connectivity index (χ4n) is 3.14. The van der Waals surface area contributed by atoms with E-state index in [9.17, 15) is 26.8 Å². The van der Waals surface area contributed by atoms with Crippen LogP contribution in [-0.4, -0.2) is 62.7 Å². The monoisotopic (exact) mass is 496 g/mol. The van der Waals surface area contributed by atoms with Crippen molar-refractivity contribution >= 4 is 27.7 Å². The van der Waals surface area contributed by atoms with Crippen molar-refractivity contribution in [2.45, 2.75) is 32.9 Å². The van der Waals surface area contributed by atoms with Gasteiger partial charge in [-0.15, -0.1) is 0 Å². The van der Waals surface area contributed by atoms with Crippen LogP contribution in [0.3, 0.4) is 0 Å². The molecule has 0 spiro atoms. The molecule has 0 bridgehead atoms. The van der Waals surface area contributed by atoms with Gasteiger partial charge in [0.25, 0.3) is 0 Å². The maximum atomic E-state index is 14.5. The molecule has 0 aromatic heterocycles. The Morgan fingerprint density at radius 3 is 2.15 bits per heavy atom. The van der Waals surface area contributed by atoms with Crippen molar-refractivity contribution < 1.29 is 26.8 Å². The molecular formula is C23H30F2N4O4S. The second kappa shape index (κ2) is 11.9. The van der Waals surface area contributed by atoms with Crippen LogP contribution in [-0.2, 0) is 26.3 Å². The molecule has 11 heteroatoms. The predicted molar refractivity (Wildman–Crippen MR) is 126 cm³/mol. The van der Waals surface area contributed by atoms with Crippen LogP contribution < -0.4 is 9.62 Å². The Bertz CT molecular complexity index is 1110. The zero-order valence-corrected chi connectivity index (χ0v) is 20.5. The number of hydrogen-bond acceptors (Lipinski definition) is 4. The maximum Gasteiger partial charge on any atom is 0.304 e. The Balaban J connectivity index is 2.47. The molecule has 2 rings (SSSR count). The van der Waals surface area contributed by atoms with Crippen molar-refractivity contribution in [3.8, 4) is 0 Å². The van der Waals surface area contributed by atoms with Crippen LogP contribution in [0.25, 0.3) is 0 Å². The van der Waals surface area contributed by atoms with Crippen molar-refractivity contribution in [1.29, 1.82) is 0 Å². The van der Waals surface area contributed by atoms with Gasteiger partial charge in [0.15, 0.2) is 0 Å². The molecule has 8 nitrogen and oxygen atoms in total. The molecule has 0 aliphatic rings. The molecule has 2 aromatic rings. The smallest absolute Gasteiger partial charge is 0.304 e. The lowest BCUT2D eigenvalue weighted by molar-refractivity contribution is -0.139. The summed E-state index contributed by atoms with van der Waals surface area (Å²) >= 11 is 0. The molecular weight excluding hydrogens is 466 g/mol. The van der Waals surface area contributed by atoms with Gasteiger partial charge in [-0.05, 0) is 31.5 Å². The zero-order chi connectivity index (χ0) is 25.5. The molecule has 1 atom stereocenters. The number of carbonyl (C=O) groups is 2. The van der Waals surface area contributed by atoms with E-state index in [0.717, 1.165) is 15.3 Å². The lowest BCUT2D eigenvalue weighted by Crippen LogP contribution is -2.52. The predicted octanol–water partition coefficient (Wildman–Crippen LogP) is 2.52. The summed E-state index contributed by atoms with van der Waals surface area (Å²) in [5, 5.41) is 2.68. The van der Waals surface area contributed by atoms with Crippen molar-refractivity contribution in [3.63, 3.8) is 0 Å². The number of rotatable bonds is 11. The molecule has 0 aliphatic heterocycles. The summed E-state index contributed by atoms with van der Waals surface area (Å²) in [5.41, 5.74) is -0.169. The van der Waals surface area contributed by atoms with Crippen LogP contribution in [0, 0.1) is 11.6 Å². The van der Waals surface area contributed by atoms with Gasteiger partial charge >= 0.3 is 10.2 Å². The number of nitrogens with zero attached hydrogens (tertiary/aromatic N) is 3. The average molecular weight is 497 g/mol. The molecule has 0 radical (unpaired) electrons. The Hall–Kier alpha value is -3.05. The van der Waals surface area contributed by atoms with E-state index in [1.165, 1.54) is 57.4 Å². The number of halogens is 2. The maximum absolute atomic E-state index is 14.5. The highest BCUT2D eigenvalue weighted by atomic mass is 32.2. The lowest BCUT2D eigenvalue weighted by Gasteiger charge is -2.33. The van der Waals surface area contributed by atoms with Crippen LogP contribution in [0.1, 0.15) is 25.8 Å². The third-order valence-electron chi connectivity index (χ3n) is 5.16. The summed E-state index contributed by atoms with van der Waals surface area (Å²) in [6.45, 7) is 2.64. The highest BCUT2D eigenvalue weighted by molar-refractivity contribution is 7.90. The van der Waals surface area contributed by atoms with Crippen LogP contribution in [0.5, 0.6) is 0 Å². The van der Waals surface area contributed by atoms with Gasteiger partial charge in [-0.3, -0.25) is 9.59 Å². The van der Waals surface area contributed by atoms with E-state index in [4.69, 9.17) is 0 Å². The van der Waals surface area contributed by atoms with Crippen LogP contribution in [0.2, 0.25) is 0 Å². The third kappa shape index (κ3) is 6.51. The quantitative estimate of drug-likeness (QED) is 0.518. The minimum Gasteiger partial charge on any atom is -0.354 e. The standard InChI is InChI=1S/C23H30F2N4O4S/c1-5-14-26-23(31)17(2)28(15-18-10-6-7-11-19(18)24)22(30)16-29(34(32,33)27(3)4)21-13-9-8-12-20(21)25/h6-13,17H,5,14-16H2,1-4H3,(H,26,31)/t17-/m0/s1. The van der Waals surface area contributed by atoms with E-state index in [2.05, 4.69) is 5.32 Å². The van der Waals surface area contributed by atoms with E-state index in [0.29, 0.717) is 17.3 Å². The summed E-state index contributed by atoms with van der Waals surface area (Å²) < 4.78 is 56.3. The number of anilines is 1. The first-order valence-corrected chi connectivity index (χ1v) is 12.2. The Morgan fingerprint density at radius 1 is 1.00 bits per heavy atom. The number of nitrogens with one attached hydrogen (secondary N) is 1. The van der Waals surface area contributed by atoms with E-state index < -0.39 is 46.2 Å². The minimum absolute atomic E-state index is 0.152. The van der Waals surface area contributed by atoms with E-state index >= 15 is 0 Å². The molecule has 0 heterocycles. The molecule has 2 amide bonds. The largest absolute Gasteiger partial charge is 0.354 e. The van der Waals surface area contributed by atoms with Gasteiger partial charge in [0.1, 0.15) is 24.2 Å². The van der Waals surface area contributed by atoms with E-state index in [-0.39, 0.29) is 17.8 Å². The van der Waals surface area contributed by atoms with Crippen molar-refractivity contribution in [2.75, 3.05) is 31.5 Å². The summed E-state index contributed by atoms with van der Waals surface area (Å²) in [4.78, 5) is 27.1. The normalized spacial score (nSPS) is 12.3. The molecule has 0 unspecified atom stereocenters.